The van der Waals surface area contributed by atoms with E-state index in [1.165, 1.54) is 0 Å². The molecule has 5 heteroatoms. The molecule has 0 aliphatic rings. The van der Waals surface area contributed by atoms with Gasteiger partial charge in [0.15, 0.2) is 0 Å². The molecule has 112 valence electrons. The fourth-order valence-corrected chi connectivity index (χ4v) is 2.61. The Labute approximate surface area is 139 Å². The topological polar surface area (TPSA) is 61.7 Å². The highest BCUT2D eigenvalue weighted by atomic mass is 32.1. The van der Waals surface area contributed by atoms with Gasteiger partial charge in [-0.15, -0.1) is 0 Å². The molecule has 1 N–H and O–H groups in total. The molecule has 0 saturated heterocycles. The van der Waals surface area contributed by atoms with Crippen LogP contribution in [-0.2, 0) is 0 Å². The lowest BCUT2D eigenvalue weighted by atomic mass is 9.99. The molecule has 0 bridgehead atoms. The number of benzene rings is 1. The maximum atomic E-state index is 9.45. The van der Waals surface area contributed by atoms with E-state index in [-0.39, 0.29) is 0 Å². The summed E-state index contributed by atoms with van der Waals surface area (Å²) in [6.07, 6.45) is 3.47. The molecular weight excluding hydrogens is 306 g/mol. The van der Waals surface area contributed by atoms with Gasteiger partial charge < -0.3 is 9.72 Å². The van der Waals surface area contributed by atoms with Gasteiger partial charge in [0.2, 0.25) is 0 Å². The molecule has 3 rings (SSSR count). The number of aromatic nitrogens is 2. The van der Waals surface area contributed by atoms with E-state index in [0.717, 1.165) is 28.1 Å². The predicted octanol–water partition coefficient (Wildman–Crippen LogP) is 4.35. The number of nitrogens with zero attached hydrogens (tertiary/aromatic N) is 2. The van der Waals surface area contributed by atoms with Crippen molar-refractivity contribution in [2.75, 3.05) is 7.11 Å². The molecule has 0 radical (unpaired) electrons. The van der Waals surface area contributed by atoms with E-state index in [2.05, 4.69) is 16.0 Å². The van der Waals surface area contributed by atoms with Gasteiger partial charge >= 0.3 is 0 Å². The summed E-state index contributed by atoms with van der Waals surface area (Å²) in [5, 5.41) is 9.45. The number of hydrogen-bond donors (Lipinski definition) is 1. The summed E-state index contributed by atoms with van der Waals surface area (Å²) in [6.45, 7) is 0. The van der Waals surface area contributed by atoms with Gasteiger partial charge in [-0.25, -0.2) is 0 Å². The lowest BCUT2D eigenvalue weighted by molar-refractivity contribution is 0.415. The highest BCUT2D eigenvalue weighted by Crippen LogP contribution is 2.29. The van der Waals surface area contributed by atoms with Crippen molar-refractivity contribution in [3.63, 3.8) is 0 Å². The van der Waals surface area contributed by atoms with Crippen LogP contribution in [0.5, 0.6) is 5.75 Å². The van der Waals surface area contributed by atoms with Crippen LogP contribution >= 0.6 is 12.2 Å². The fourth-order valence-electron chi connectivity index (χ4n) is 2.35. The molecule has 1 aromatic carbocycles. The quantitative estimate of drug-likeness (QED) is 0.729. The molecule has 0 fully saturated rings. The number of nitrogens with one attached hydrogen (secondary N) is 1. The van der Waals surface area contributed by atoms with Crippen molar-refractivity contribution < 1.29 is 4.74 Å². The van der Waals surface area contributed by atoms with Crippen molar-refractivity contribution in [2.24, 2.45) is 0 Å². The number of H-pyrrole nitrogens is 1. The third-order valence-electron chi connectivity index (χ3n) is 3.52. The van der Waals surface area contributed by atoms with Gasteiger partial charge in [-0.3, -0.25) is 4.98 Å². The van der Waals surface area contributed by atoms with Crippen LogP contribution in [0.4, 0.5) is 0 Å². The zero-order valence-corrected chi connectivity index (χ0v) is 13.2. The summed E-state index contributed by atoms with van der Waals surface area (Å²) in [5.41, 5.74) is 3.90. The van der Waals surface area contributed by atoms with Gasteiger partial charge in [-0.1, -0.05) is 24.4 Å². The lowest BCUT2D eigenvalue weighted by Crippen LogP contribution is -1.93. The summed E-state index contributed by atoms with van der Waals surface area (Å²) >= 11 is 5.35. The normalized spacial score (nSPS) is 10.1. The molecule has 4 nitrogen and oxygen atoms in total. The summed E-state index contributed by atoms with van der Waals surface area (Å²) in [4.78, 5) is 7.23. The van der Waals surface area contributed by atoms with E-state index in [1.54, 1.807) is 19.5 Å². The van der Waals surface area contributed by atoms with Crippen molar-refractivity contribution in [2.45, 2.75) is 0 Å². The Bertz CT molecular complexity index is 925. The molecule has 0 saturated carbocycles. The smallest absolute Gasteiger partial charge is 0.122 e. The fraction of sp³-hybridized carbons (Fsp3) is 0.0556. The number of pyridine rings is 2. The second-order valence-corrected chi connectivity index (χ2v) is 5.29. The Kier molecular flexibility index (Phi) is 4.18. The van der Waals surface area contributed by atoms with Crippen molar-refractivity contribution in [3.05, 3.63) is 65.1 Å². The number of aromatic amines is 1. The number of ether oxygens (including phenoxy) is 1. The first kappa shape index (κ1) is 14.9. The Balaban J connectivity index is 2.20. The summed E-state index contributed by atoms with van der Waals surface area (Å²) in [5.74, 6) is 0.765. The maximum Gasteiger partial charge on any atom is 0.122 e. The second kappa shape index (κ2) is 6.42. The van der Waals surface area contributed by atoms with Crippen LogP contribution in [0.3, 0.4) is 0 Å². The predicted molar refractivity (Wildman–Crippen MR) is 91.6 cm³/mol. The number of nitriles is 1. The molecule has 0 atom stereocenters. The third kappa shape index (κ3) is 2.98. The van der Waals surface area contributed by atoms with E-state index in [0.29, 0.717) is 10.2 Å². The minimum atomic E-state index is 0.416. The van der Waals surface area contributed by atoms with Gasteiger partial charge in [0.1, 0.15) is 16.5 Å². The van der Waals surface area contributed by atoms with Crippen LogP contribution in [0.2, 0.25) is 0 Å². The monoisotopic (exact) mass is 319 g/mol. The molecular formula is C18H13N3OS. The average Bonchev–Trinajstić information content (AvgIpc) is 2.62. The number of rotatable bonds is 3. The largest absolute Gasteiger partial charge is 0.497 e. The van der Waals surface area contributed by atoms with Gasteiger partial charge in [-0.2, -0.15) is 5.26 Å². The van der Waals surface area contributed by atoms with Crippen molar-refractivity contribution in [3.8, 4) is 34.2 Å². The van der Waals surface area contributed by atoms with Crippen LogP contribution < -0.4 is 4.74 Å². The van der Waals surface area contributed by atoms with Crippen LogP contribution in [-0.4, -0.2) is 17.1 Å². The Morgan fingerprint density at radius 3 is 2.57 bits per heavy atom. The number of methoxy groups -OCH3 is 1. The molecule has 2 heterocycles. The minimum absolute atomic E-state index is 0.416. The van der Waals surface area contributed by atoms with Crippen molar-refractivity contribution in [1.82, 2.24) is 9.97 Å². The van der Waals surface area contributed by atoms with Gasteiger partial charge in [-0.05, 0) is 35.9 Å². The SMILES string of the molecule is COc1ccc(-c2cc(-c3cccnc3)[nH]c(=S)c2C#N)cc1. The van der Waals surface area contributed by atoms with E-state index < -0.39 is 0 Å². The van der Waals surface area contributed by atoms with Gasteiger partial charge in [0.25, 0.3) is 0 Å². The van der Waals surface area contributed by atoms with E-state index in [4.69, 9.17) is 17.0 Å². The van der Waals surface area contributed by atoms with Crippen LogP contribution in [0.25, 0.3) is 22.4 Å². The zero-order chi connectivity index (χ0) is 16.2. The molecule has 23 heavy (non-hydrogen) atoms. The van der Waals surface area contributed by atoms with Gasteiger partial charge in [0.05, 0.1) is 12.7 Å². The molecule has 0 amide bonds. The molecule has 3 aromatic rings. The summed E-state index contributed by atoms with van der Waals surface area (Å²) < 4.78 is 5.59. The lowest BCUT2D eigenvalue weighted by Gasteiger charge is -2.09. The van der Waals surface area contributed by atoms with E-state index in [9.17, 15) is 5.26 Å². The molecule has 0 spiro atoms. The van der Waals surface area contributed by atoms with Crippen LogP contribution in [0, 0.1) is 16.0 Å². The third-order valence-corrected chi connectivity index (χ3v) is 3.82. The minimum Gasteiger partial charge on any atom is -0.497 e. The van der Waals surface area contributed by atoms with Crippen molar-refractivity contribution >= 4 is 12.2 Å². The highest BCUT2D eigenvalue weighted by Gasteiger charge is 2.10. The number of hydrogen-bond acceptors (Lipinski definition) is 4. The van der Waals surface area contributed by atoms with Crippen LogP contribution in [0.1, 0.15) is 5.56 Å². The van der Waals surface area contributed by atoms with Crippen LogP contribution in [0.15, 0.2) is 54.9 Å². The van der Waals surface area contributed by atoms with E-state index >= 15 is 0 Å². The highest BCUT2D eigenvalue weighted by molar-refractivity contribution is 7.71. The average molecular weight is 319 g/mol. The Hall–Kier alpha value is -2.97. The maximum absolute atomic E-state index is 9.45. The zero-order valence-electron chi connectivity index (χ0n) is 12.4. The second-order valence-electron chi connectivity index (χ2n) is 4.88. The summed E-state index contributed by atoms with van der Waals surface area (Å²) in [7, 11) is 1.62. The molecule has 0 aliphatic carbocycles. The van der Waals surface area contributed by atoms with E-state index in [1.807, 2.05) is 42.5 Å². The first-order valence-electron chi connectivity index (χ1n) is 6.95. The Morgan fingerprint density at radius 2 is 1.96 bits per heavy atom. The van der Waals surface area contributed by atoms with Crippen molar-refractivity contribution in [1.29, 1.82) is 5.26 Å². The first-order chi connectivity index (χ1) is 11.2. The first-order valence-corrected chi connectivity index (χ1v) is 7.36. The molecule has 0 unspecified atom stereocenters. The standard InChI is InChI=1S/C18H13N3OS/c1-22-14-6-4-12(5-7-14)15-9-17(13-3-2-8-20-11-13)21-18(23)16(15)10-19/h2-9,11H,1H3,(H,21,23). The molecule has 0 aliphatic heterocycles. The van der Waals surface area contributed by atoms with Gasteiger partial charge in [0, 0.05) is 29.2 Å². The Morgan fingerprint density at radius 1 is 1.17 bits per heavy atom. The summed E-state index contributed by atoms with van der Waals surface area (Å²) in [6, 6.07) is 15.5. The molecule has 2 aromatic heterocycles.